The summed E-state index contributed by atoms with van der Waals surface area (Å²) in [5, 5.41) is 6.87. The van der Waals surface area contributed by atoms with E-state index in [2.05, 4.69) is 25.6 Å². The largest absolute Gasteiger partial charge is 0.324 e. The van der Waals surface area contributed by atoms with E-state index in [1.54, 1.807) is 42.5 Å². The number of aromatic nitrogens is 3. The van der Waals surface area contributed by atoms with Crippen molar-refractivity contribution < 1.29 is 4.79 Å². The molecule has 0 fully saturated rings. The second-order valence-corrected chi connectivity index (χ2v) is 7.41. The first-order chi connectivity index (χ1) is 13.9. The molecule has 0 radical (unpaired) electrons. The Labute approximate surface area is 177 Å². The van der Waals surface area contributed by atoms with Crippen molar-refractivity contribution in [3.05, 3.63) is 75.4 Å². The molecule has 0 spiro atoms. The van der Waals surface area contributed by atoms with Gasteiger partial charge in [-0.15, -0.1) is 0 Å². The van der Waals surface area contributed by atoms with Crippen LogP contribution in [-0.4, -0.2) is 20.9 Å². The van der Waals surface area contributed by atoms with E-state index in [4.69, 9.17) is 23.2 Å². The van der Waals surface area contributed by atoms with Crippen LogP contribution >= 0.6 is 23.2 Å². The van der Waals surface area contributed by atoms with Crippen molar-refractivity contribution in [3.8, 4) is 0 Å². The SMILES string of the molecule is Cc1ccc(NC(=O)c2ccc3[nH]c(Nc4c(Cl)cccc4Cl)nc3c2)nc1C. The number of anilines is 3. The molecule has 0 saturated heterocycles. The first-order valence-electron chi connectivity index (χ1n) is 8.87. The molecular formula is C21H17Cl2N5O. The molecule has 0 bridgehead atoms. The van der Waals surface area contributed by atoms with Gasteiger partial charge in [-0.05, 0) is 55.8 Å². The number of benzene rings is 2. The van der Waals surface area contributed by atoms with E-state index < -0.39 is 0 Å². The number of rotatable bonds is 4. The Balaban J connectivity index is 1.58. The average Bonchev–Trinajstić information content (AvgIpc) is 3.09. The minimum absolute atomic E-state index is 0.255. The van der Waals surface area contributed by atoms with Gasteiger partial charge in [0.1, 0.15) is 5.82 Å². The molecule has 0 aliphatic rings. The predicted molar refractivity (Wildman–Crippen MR) is 118 cm³/mol. The number of para-hydroxylation sites is 1. The summed E-state index contributed by atoms with van der Waals surface area (Å²) in [6.07, 6.45) is 0. The fourth-order valence-corrected chi connectivity index (χ4v) is 3.32. The van der Waals surface area contributed by atoms with Gasteiger partial charge in [0.2, 0.25) is 5.95 Å². The Kier molecular flexibility index (Phi) is 5.13. The lowest BCUT2D eigenvalue weighted by molar-refractivity contribution is 0.102. The maximum atomic E-state index is 12.6. The number of aryl methyl sites for hydroxylation is 2. The van der Waals surface area contributed by atoms with Crippen molar-refractivity contribution >= 4 is 57.6 Å². The Morgan fingerprint density at radius 2 is 1.76 bits per heavy atom. The first-order valence-corrected chi connectivity index (χ1v) is 9.63. The number of nitrogens with zero attached hydrogens (tertiary/aromatic N) is 2. The first kappa shape index (κ1) is 19.2. The van der Waals surface area contributed by atoms with Crippen LogP contribution in [0.1, 0.15) is 21.6 Å². The molecule has 0 saturated carbocycles. The zero-order valence-corrected chi connectivity index (χ0v) is 17.2. The van der Waals surface area contributed by atoms with Gasteiger partial charge in [-0.1, -0.05) is 35.3 Å². The number of imidazole rings is 1. The van der Waals surface area contributed by atoms with Crippen LogP contribution < -0.4 is 10.6 Å². The number of amides is 1. The summed E-state index contributed by atoms with van der Waals surface area (Å²) < 4.78 is 0. The monoisotopic (exact) mass is 425 g/mol. The molecule has 6 nitrogen and oxygen atoms in total. The number of aromatic amines is 1. The van der Waals surface area contributed by atoms with Crippen LogP contribution in [0.2, 0.25) is 10.0 Å². The van der Waals surface area contributed by atoms with E-state index in [-0.39, 0.29) is 5.91 Å². The minimum atomic E-state index is -0.255. The molecule has 2 aromatic heterocycles. The number of H-pyrrole nitrogens is 1. The second kappa shape index (κ2) is 7.73. The molecule has 0 aliphatic heterocycles. The van der Waals surface area contributed by atoms with E-state index in [1.807, 2.05) is 19.9 Å². The number of carbonyl (C=O) groups is 1. The third-order valence-corrected chi connectivity index (χ3v) is 5.17. The van der Waals surface area contributed by atoms with Gasteiger partial charge >= 0.3 is 0 Å². The molecule has 4 aromatic rings. The van der Waals surface area contributed by atoms with Crippen LogP contribution in [0.25, 0.3) is 11.0 Å². The molecular weight excluding hydrogens is 409 g/mol. The van der Waals surface area contributed by atoms with Crippen molar-refractivity contribution in [2.24, 2.45) is 0 Å². The number of carbonyl (C=O) groups excluding carboxylic acids is 1. The van der Waals surface area contributed by atoms with E-state index in [0.717, 1.165) is 16.8 Å². The molecule has 4 rings (SSSR count). The fourth-order valence-electron chi connectivity index (χ4n) is 2.83. The van der Waals surface area contributed by atoms with Gasteiger partial charge < -0.3 is 15.6 Å². The van der Waals surface area contributed by atoms with Crippen molar-refractivity contribution in [3.63, 3.8) is 0 Å². The summed E-state index contributed by atoms with van der Waals surface area (Å²) in [6, 6.07) is 14.2. The molecule has 2 aromatic carbocycles. The van der Waals surface area contributed by atoms with Crippen LogP contribution in [-0.2, 0) is 0 Å². The molecule has 1 amide bonds. The van der Waals surface area contributed by atoms with Gasteiger partial charge in [0.05, 0.1) is 26.8 Å². The van der Waals surface area contributed by atoms with Crippen LogP contribution in [0.5, 0.6) is 0 Å². The van der Waals surface area contributed by atoms with Gasteiger partial charge in [-0.2, -0.15) is 0 Å². The molecule has 29 heavy (non-hydrogen) atoms. The summed E-state index contributed by atoms with van der Waals surface area (Å²) in [6.45, 7) is 3.88. The van der Waals surface area contributed by atoms with E-state index in [9.17, 15) is 4.79 Å². The fraction of sp³-hybridized carbons (Fsp3) is 0.0952. The predicted octanol–water partition coefficient (Wildman–Crippen LogP) is 5.88. The summed E-state index contributed by atoms with van der Waals surface area (Å²) in [5.74, 6) is 0.730. The van der Waals surface area contributed by atoms with Gasteiger partial charge in [0.15, 0.2) is 0 Å². The summed E-state index contributed by atoms with van der Waals surface area (Å²) >= 11 is 12.4. The van der Waals surface area contributed by atoms with Crippen molar-refractivity contribution in [2.75, 3.05) is 10.6 Å². The summed E-state index contributed by atoms with van der Waals surface area (Å²) in [5.41, 5.74) is 4.40. The molecule has 3 N–H and O–H groups in total. The topological polar surface area (TPSA) is 82.7 Å². The van der Waals surface area contributed by atoms with Gasteiger partial charge in [-0.25, -0.2) is 9.97 Å². The zero-order chi connectivity index (χ0) is 20.5. The number of hydrogen-bond donors (Lipinski definition) is 3. The van der Waals surface area contributed by atoms with E-state index >= 15 is 0 Å². The van der Waals surface area contributed by atoms with E-state index in [1.165, 1.54) is 0 Å². The van der Waals surface area contributed by atoms with Crippen molar-refractivity contribution in [2.45, 2.75) is 13.8 Å². The lowest BCUT2D eigenvalue weighted by Gasteiger charge is -2.06. The molecule has 8 heteroatoms. The average molecular weight is 426 g/mol. The highest BCUT2D eigenvalue weighted by Crippen LogP contribution is 2.32. The molecule has 0 atom stereocenters. The number of nitrogens with one attached hydrogen (secondary N) is 3. The third kappa shape index (κ3) is 4.04. The Morgan fingerprint density at radius 1 is 1.00 bits per heavy atom. The minimum Gasteiger partial charge on any atom is -0.324 e. The van der Waals surface area contributed by atoms with Gasteiger partial charge in [0.25, 0.3) is 5.91 Å². The highest BCUT2D eigenvalue weighted by Gasteiger charge is 2.12. The second-order valence-electron chi connectivity index (χ2n) is 6.59. The lowest BCUT2D eigenvalue weighted by Crippen LogP contribution is -2.13. The van der Waals surface area contributed by atoms with Gasteiger partial charge in [0, 0.05) is 11.3 Å². The van der Waals surface area contributed by atoms with Crippen LogP contribution in [0.15, 0.2) is 48.5 Å². The number of fused-ring (bicyclic) bond motifs is 1. The lowest BCUT2D eigenvalue weighted by atomic mass is 10.2. The highest BCUT2D eigenvalue weighted by molar-refractivity contribution is 6.39. The molecule has 0 aliphatic carbocycles. The number of hydrogen-bond acceptors (Lipinski definition) is 4. The number of halogens is 2. The standard InChI is InChI=1S/C21H17Cl2N5O/c1-11-6-9-18(24-12(11)2)27-20(29)13-7-8-16-17(10-13)26-21(25-16)28-19-14(22)4-3-5-15(19)23/h3-10H,1-2H3,(H,24,27,29)(H2,25,26,28). The molecule has 146 valence electrons. The van der Waals surface area contributed by atoms with Crippen molar-refractivity contribution in [1.29, 1.82) is 0 Å². The maximum absolute atomic E-state index is 12.6. The number of pyridine rings is 1. The van der Waals surface area contributed by atoms with Gasteiger partial charge in [-0.3, -0.25) is 4.79 Å². The van der Waals surface area contributed by atoms with E-state index in [0.29, 0.717) is 38.6 Å². The smallest absolute Gasteiger partial charge is 0.256 e. The van der Waals surface area contributed by atoms with Crippen LogP contribution in [0, 0.1) is 13.8 Å². The maximum Gasteiger partial charge on any atom is 0.256 e. The normalized spacial score (nSPS) is 10.9. The molecule has 0 unspecified atom stereocenters. The summed E-state index contributed by atoms with van der Waals surface area (Å²) in [4.78, 5) is 24.6. The Bertz CT molecular complexity index is 1210. The zero-order valence-electron chi connectivity index (χ0n) is 15.7. The quantitative estimate of drug-likeness (QED) is 0.381. The van der Waals surface area contributed by atoms with Crippen LogP contribution in [0.3, 0.4) is 0 Å². The Hall–Kier alpha value is -3.09. The summed E-state index contributed by atoms with van der Waals surface area (Å²) in [7, 11) is 0. The van der Waals surface area contributed by atoms with Crippen LogP contribution in [0.4, 0.5) is 17.5 Å². The third-order valence-electron chi connectivity index (χ3n) is 4.54. The molecule has 2 heterocycles. The van der Waals surface area contributed by atoms with Crippen molar-refractivity contribution in [1.82, 2.24) is 15.0 Å². The Morgan fingerprint density at radius 3 is 2.48 bits per heavy atom. The highest BCUT2D eigenvalue weighted by atomic mass is 35.5.